The third-order valence-electron chi connectivity index (χ3n) is 4.69. The summed E-state index contributed by atoms with van der Waals surface area (Å²) in [7, 11) is 0. The Morgan fingerprint density at radius 1 is 1.44 bits per heavy atom. The van der Waals surface area contributed by atoms with Crippen LogP contribution in [0.5, 0.6) is 0 Å². The molecule has 0 bridgehead atoms. The normalized spacial score (nSPS) is 30.5. The SMILES string of the molecule is C[C@H]1C([C@H](O)[C@H](O)CNC(=O)CCc2ccc[te]2)O[C@@](O)(C(=O)O)C[C@H]1O. The van der Waals surface area contributed by atoms with Crippen molar-refractivity contribution in [2.45, 2.75) is 56.4 Å². The maximum atomic E-state index is 11.9. The molecule has 1 amide bonds. The number of aliphatic hydroxyl groups is 4. The molecule has 152 valence electrons. The van der Waals surface area contributed by atoms with Crippen LogP contribution in [-0.2, 0) is 20.7 Å². The van der Waals surface area contributed by atoms with E-state index in [1.165, 1.54) is 10.5 Å². The number of amides is 1. The Hall–Kier alpha value is -0.990. The average molecular weight is 499 g/mol. The van der Waals surface area contributed by atoms with Gasteiger partial charge in [0.2, 0.25) is 0 Å². The number of carboxylic acid groups (broad SMARTS) is 1. The summed E-state index contributed by atoms with van der Waals surface area (Å²) in [6.07, 6.45) is -5.23. The van der Waals surface area contributed by atoms with Crippen LogP contribution in [0.2, 0.25) is 0 Å². The van der Waals surface area contributed by atoms with Gasteiger partial charge in [0.1, 0.15) is 0 Å². The maximum absolute atomic E-state index is 11.9. The number of carboxylic acids is 1. The molecule has 27 heavy (non-hydrogen) atoms. The van der Waals surface area contributed by atoms with E-state index in [0.29, 0.717) is 6.42 Å². The minimum atomic E-state index is -2.65. The van der Waals surface area contributed by atoms with Crippen LogP contribution in [0.3, 0.4) is 0 Å². The molecule has 1 saturated heterocycles. The van der Waals surface area contributed by atoms with Gasteiger partial charge in [0.05, 0.1) is 0 Å². The van der Waals surface area contributed by atoms with Gasteiger partial charge in [-0.25, -0.2) is 4.79 Å². The van der Waals surface area contributed by atoms with Gasteiger partial charge < -0.3 is 5.11 Å². The number of rotatable bonds is 8. The summed E-state index contributed by atoms with van der Waals surface area (Å²) < 4.78 is 8.47. The molecule has 6 N–H and O–H groups in total. The van der Waals surface area contributed by atoms with Crippen molar-refractivity contribution >= 4 is 32.3 Å². The van der Waals surface area contributed by atoms with Crippen molar-refractivity contribution in [3.05, 3.63) is 19.8 Å². The van der Waals surface area contributed by atoms with Gasteiger partial charge in [-0.15, -0.1) is 0 Å². The molecule has 2 heterocycles. The Bertz CT molecular complexity index is 639. The number of carbonyl (C=O) groups is 2. The number of ether oxygens (including phenoxy) is 1. The van der Waals surface area contributed by atoms with E-state index in [1.54, 1.807) is 0 Å². The number of aliphatic carboxylic acids is 1. The van der Waals surface area contributed by atoms with Crippen LogP contribution in [0, 0.1) is 5.92 Å². The second-order valence-electron chi connectivity index (χ2n) is 6.74. The topological polar surface area (TPSA) is 157 Å². The molecular formula is C17H25NO8Te. The van der Waals surface area contributed by atoms with Gasteiger partial charge >= 0.3 is 156 Å². The Kier molecular flexibility index (Phi) is 7.82. The van der Waals surface area contributed by atoms with Gasteiger partial charge in [-0.3, -0.25) is 0 Å². The average Bonchev–Trinajstić information content (AvgIpc) is 3.13. The zero-order valence-electron chi connectivity index (χ0n) is 14.8. The fourth-order valence-electron chi connectivity index (χ4n) is 2.93. The van der Waals surface area contributed by atoms with Crippen LogP contribution >= 0.6 is 0 Å². The van der Waals surface area contributed by atoms with E-state index in [4.69, 9.17) is 9.84 Å². The summed E-state index contributed by atoms with van der Waals surface area (Å²) in [6.45, 7) is 1.25. The van der Waals surface area contributed by atoms with E-state index in [2.05, 4.69) is 9.40 Å². The van der Waals surface area contributed by atoms with Gasteiger partial charge in [0.25, 0.3) is 0 Å². The molecular weight excluding hydrogens is 474 g/mol. The molecule has 1 aliphatic rings. The van der Waals surface area contributed by atoms with Crippen molar-refractivity contribution in [2.75, 3.05) is 6.54 Å². The monoisotopic (exact) mass is 501 g/mol. The van der Waals surface area contributed by atoms with Gasteiger partial charge in [-0.2, -0.15) is 0 Å². The molecule has 0 aromatic carbocycles. The summed E-state index contributed by atoms with van der Waals surface area (Å²) in [6, 6.07) is 3.98. The summed E-state index contributed by atoms with van der Waals surface area (Å²) in [5.41, 5.74) is 0. The Labute approximate surface area is 166 Å². The third kappa shape index (κ3) is 5.74. The van der Waals surface area contributed by atoms with Crippen molar-refractivity contribution in [3.63, 3.8) is 0 Å². The molecule has 0 spiro atoms. The molecule has 1 fully saturated rings. The van der Waals surface area contributed by atoms with Crippen LogP contribution in [0.15, 0.2) is 16.2 Å². The summed E-state index contributed by atoms with van der Waals surface area (Å²) in [5, 5.41) is 52.0. The molecule has 1 aromatic rings. The molecule has 10 heteroatoms. The van der Waals surface area contributed by atoms with Crippen molar-refractivity contribution < 1.29 is 39.9 Å². The van der Waals surface area contributed by atoms with Crippen LogP contribution in [0.25, 0.3) is 0 Å². The number of hydrogen-bond acceptors (Lipinski definition) is 7. The van der Waals surface area contributed by atoms with Crippen LogP contribution < -0.4 is 5.32 Å². The Morgan fingerprint density at radius 3 is 2.74 bits per heavy atom. The van der Waals surface area contributed by atoms with Crippen molar-refractivity contribution in [1.82, 2.24) is 5.32 Å². The molecule has 1 unspecified atom stereocenters. The quantitative estimate of drug-likeness (QED) is 0.226. The summed E-state index contributed by atoms with van der Waals surface area (Å²) in [5.74, 6) is -5.34. The molecule has 2 rings (SSSR count). The number of hydrogen-bond donors (Lipinski definition) is 6. The molecule has 0 aliphatic carbocycles. The molecule has 6 atom stereocenters. The number of nitrogens with one attached hydrogen (secondary N) is 1. The van der Waals surface area contributed by atoms with E-state index >= 15 is 0 Å². The Morgan fingerprint density at radius 2 is 2.15 bits per heavy atom. The summed E-state index contributed by atoms with van der Waals surface area (Å²) >= 11 is -0.295. The Balaban J connectivity index is 1.87. The molecule has 1 aliphatic heterocycles. The predicted molar refractivity (Wildman–Crippen MR) is 94.0 cm³/mol. The van der Waals surface area contributed by atoms with Crippen molar-refractivity contribution in [1.29, 1.82) is 0 Å². The first-order chi connectivity index (χ1) is 12.6. The summed E-state index contributed by atoms with van der Waals surface area (Å²) in [4.78, 5) is 23.1. The zero-order valence-corrected chi connectivity index (χ0v) is 17.1. The van der Waals surface area contributed by atoms with Crippen molar-refractivity contribution in [2.24, 2.45) is 5.92 Å². The van der Waals surface area contributed by atoms with E-state index in [0.717, 1.165) is 0 Å². The fraction of sp³-hybridized carbons (Fsp3) is 0.647. The number of aliphatic hydroxyl groups excluding tert-OH is 3. The zero-order chi connectivity index (χ0) is 20.2. The molecule has 0 saturated carbocycles. The standard InChI is InChI=1S/C17H25NO8Te/c1-9-11(19)7-17(25,16(23)24)26-15(9)14(22)12(20)8-18-13(21)5-4-10-3-2-6-27-10/h2-3,6,9,11-12,14-15,19-20,22,25H,4-5,7-8H2,1H3,(H,18,21)(H,23,24)/t9-,11-,12-,14-,15?,17-/m1/s1. The van der Waals surface area contributed by atoms with Crippen LogP contribution in [-0.4, -0.2) is 94.6 Å². The number of carbonyl (C=O) groups excluding carboxylic acids is 1. The van der Waals surface area contributed by atoms with Gasteiger partial charge in [-0.1, -0.05) is 0 Å². The van der Waals surface area contributed by atoms with E-state index in [1.807, 2.05) is 12.1 Å². The van der Waals surface area contributed by atoms with Gasteiger partial charge in [0, 0.05) is 0 Å². The molecule has 9 nitrogen and oxygen atoms in total. The molecule has 1 aromatic heterocycles. The second kappa shape index (κ2) is 9.47. The van der Waals surface area contributed by atoms with Crippen LogP contribution in [0.4, 0.5) is 0 Å². The van der Waals surface area contributed by atoms with E-state index in [9.17, 15) is 30.0 Å². The van der Waals surface area contributed by atoms with Crippen molar-refractivity contribution in [3.8, 4) is 0 Å². The fourth-order valence-corrected chi connectivity index (χ4v) is 4.95. The number of aryl methyl sites for hydroxylation is 1. The van der Waals surface area contributed by atoms with Gasteiger partial charge in [0.15, 0.2) is 0 Å². The van der Waals surface area contributed by atoms with Crippen LogP contribution in [0.1, 0.15) is 23.3 Å². The van der Waals surface area contributed by atoms with E-state index < -0.39 is 48.5 Å². The predicted octanol–water partition coefficient (Wildman–Crippen LogP) is -1.93. The first-order valence-electron chi connectivity index (χ1n) is 8.61. The third-order valence-corrected chi connectivity index (χ3v) is 7.37. The first-order valence-corrected chi connectivity index (χ1v) is 11.1. The molecule has 0 radical (unpaired) electrons. The van der Waals surface area contributed by atoms with Gasteiger partial charge in [-0.05, 0) is 0 Å². The first kappa shape index (κ1) is 22.3. The van der Waals surface area contributed by atoms with E-state index in [-0.39, 0.29) is 39.3 Å². The second-order valence-corrected chi connectivity index (χ2v) is 9.69. The minimum absolute atomic E-state index is 0.262.